The highest BCUT2D eigenvalue weighted by Crippen LogP contribution is 2.29. The molecule has 3 heterocycles. The molecule has 1 fully saturated rings. The Morgan fingerprint density at radius 2 is 2.00 bits per heavy atom. The summed E-state index contributed by atoms with van der Waals surface area (Å²) < 4.78 is 5.74. The van der Waals surface area contributed by atoms with Gasteiger partial charge in [0.1, 0.15) is 0 Å². The quantitative estimate of drug-likeness (QED) is 0.555. The van der Waals surface area contributed by atoms with E-state index in [0.29, 0.717) is 31.2 Å². The molecule has 0 aliphatic carbocycles. The highest BCUT2D eigenvalue weighted by atomic mass is 32.1. The van der Waals surface area contributed by atoms with Gasteiger partial charge in [-0.1, -0.05) is 30.7 Å². The van der Waals surface area contributed by atoms with Crippen molar-refractivity contribution in [3.63, 3.8) is 0 Å². The topological polar surface area (TPSA) is 71.3 Å². The number of piperidine rings is 1. The van der Waals surface area contributed by atoms with Crippen molar-refractivity contribution in [3.8, 4) is 11.5 Å². The zero-order valence-electron chi connectivity index (χ0n) is 18.2. The number of nitrogens with one attached hydrogen (secondary N) is 1. The van der Waals surface area contributed by atoms with Crippen molar-refractivity contribution < 1.29 is 9.21 Å². The van der Waals surface area contributed by atoms with Crippen LogP contribution in [-0.4, -0.2) is 40.6 Å². The first-order chi connectivity index (χ1) is 15.1. The maximum absolute atomic E-state index is 12.5. The summed E-state index contributed by atoms with van der Waals surface area (Å²) >= 11 is 1.76. The Bertz CT molecular complexity index is 960. The van der Waals surface area contributed by atoms with Crippen LogP contribution in [-0.2, 0) is 11.2 Å². The molecular weight excluding hydrogens is 408 g/mol. The fourth-order valence-electron chi connectivity index (χ4n) is 3.92. The lowest BCUT2D eigenvalue weighted by Crippen LogP contribution is -2.41. The summed E-state index contributed by atoms with van der Waals surface area (Å²) in [7, 11) is 0. The van der Waals surface area contributed by atoms with Crippen LogP contribution >= 0.6 is 11.3 Å². The summed E-state index contributed by atoms with van der Waals surface area (Å²) in [5, 5.41) is 13.5. The van der Waals surface area contributed by atoms with Crippen molar-refractivity contribution in [2.45, 2.75) is 45.6 Å². The number of carbonyl (C=O) groups is 1. The molecule has 6 nitrogen and oxygen atoms in total. The smallest absolute Gasteiger partial charge is 0.247 e. The number of carbonyl (C=O) groups excluding carboxylic acids is 1. The van der Waals surface area contributed by atoms with Gasteiger partial charge in [-0.3, -0.25) is 9.69 Å². The van der Waals surface area contributed by atoms with Crippen molar-refractivity contribution in [1.82, 2.24) is 20.4 Å². The Hall–Kier alpha value is -2.51. The van der Waals surface area contributed by atoms with Crippen molar-refractivity contribution in [3.05, 3.63) is 58.1 Å². The number of hydrogen-bond acceptors (Lipinski definition) is 6. The van der Waals surface area contributed by atoms with Gasteiger partial charge < -0.3 is 9.73 Å². The second kappa shape index (κ2) is 10.2. The lowest BCUT2D eigenvalue weighted by Gasteiger charge is -2.36. The Morgan fingerprint density at radius 1 is 1.23 bits per heavy atom. The number of rotatable bonds is 8. The molecule has 4 rings (SSSR count). The second-order valence-electron chi connectivity index (χ2n) is 8.42. The Labute approximate surface area is 187 Å². The van der Waals surface area contributed by atoms with Gasteiger partial charge in [0.15, 0.2) is 0 Å². The van der Waals surface area contributed by atoms with Crippen LogP contribution in [0.15, 0.2) is 46.2 Å². The number of benzene rings is 1. The first-order valence-electron chi connectivity index (χ1n) is 11.0. The van der Waals surface area contributed by atoms with Gasteiger partial charge in [0.05, 0.1) is 6.04 Å². The molecule has 1 aromatic carbocycles. The largest absolute Gasteiger partial charge is 0.421 e. The van der Waals surface area contributed by atoms with Gasteiger partial charge in [0.2, 0.25) is 17.7 Å². The maximum Gasteiger partial charge on any atom is 0.247 e. The molecular formula is C24H30N4O2S. The monoisotopic (exact) mass is 438 g/mol. The number of thiophene rings is 1. The van der Waals surface area contributed by atoms with Gasteiger partial charge in [-0.25, -0.2) is 0 Å². The van der Waals surface area contributed by atoms with Crippen LogP contribution in [0.3, 0.4) is 0 Å². The zero-order chi connectivity index (χ0) is 21.6. The number of likely N-dealkylation sites (tertiary alicyclic amines) is 1. The van der Waals surface area contributed by atoms with Crippen LogP contribution in [0.25, 0.3) is 11.5 Å². The SMILES string of the molecule is Cc1ccc(-c2nnc(CCC(=O)NC[C@@H](c3cccs3)N3CCC(C)CC3)o2)cc1. The molecule has 1 aliphatic rings. The summed E-state index contributed by atoms with van der Waals surface area (Å²) in [6.07, 6.45) is 3.21. The van der Waals surface area contributed by atoms with Gasteiger partial charge in [-0.15, -0.1) is 21.5 Å². The Kier molecular flexibility index (Phi) is 7.14. The molecule has 164 valence electrons. The minimum absolute atomic E-state index is 0.0158. The third-order valence-electron chi connectivity index (χ3n) is 5.95. The van der Waals surface area contributed by atoms with E-state index < -0.39 is 0 Å². The molecule has 0 bridgehead atoms. The second-order valence-corrected chi connectivity index (χ2v) is 9.40. The van der Waals surface area contributed by atoms with Gasteiger partial charge >= 0.3 is 0 Å². The van der Waals surface area contributed by atoms with Gasteiger partial charge in [0, 0.05) is 29.8 Å². The van der Waals surface area contributed by atoms with Crippen LogP contribution in [0, 0.1) is 12.8 Å². The van der Waals surface area contributed by atoms with E-state index in [1.165, 1.54) is 23.3 Å². The minimum atomic E-state index is 0.0158. The van der Waals surface area contributed by atoms with Gasteiger partial charge in [-0.05, 0) is 62.4 Å². The zero-order valence-corrected chi connectivity index (χ0v) is 19.0. The van der Waals surface area contributed by atoms with Gasteiger partial charge in [0.25, 0.3) is 0 Å². The lowest BCUT2D eigenvalue weighted by molar-refractivity contribution is -0.121. The molecule has 1 amide bonds. The highest BCUT2D eigenvalue weighted by molar-refractivity contribution is 7.10. The van der Waals surface area contributed by atoms with Gasteiger partial charge in [-0.2, -0.15) is 0 Å². The summed E-state index contributed by atoms with van der Waals surface area (Å²) in [6, 6.07) is 12.5. The van der Waals surface area contributed by atoms with E-state index in [4.69, 9.17) is 4.42 Å². The molecule has 0 unspecified atom stereocenters. The Morgan fingerprint density at radius 3 is 2.71 bits per heavy atom. The fraction of sp³-hybridized carbons (Fsp3) is 0.458. The predicted molar refractivity (Wildman–Crippen MR) is 123 cm³/mol. The third kappa shape index (κ3) is 5.80. The minimum Gasteiger partial charge on any atom is -0.421 e. The molecule has 0 radical (unpaired) electrons. The highest BCUT2D eigenvalue weighted by Gasteiger charge is 2.25. The van der Waals surface area contributed by atoms with E-state index in [2.05, 4.69) is 44.9 Å². The van der Waals surface area contributed by atoms with E-state index in [0.717, 1.165) is 24.6 Å². The molecule has 1 N–H and O–H groups in total. The molecule has 3 aromatic rings. The maximum atomic E-state index is 12.5. The number of hydrogen-bond donors (Lipinski definition) is 1. The number of aromatic nitrogens is 2. The third-order valence-corrected chi connectivity index (χ3v) is 6.93. The normalized spacial score (nSPS) is 16.3. The molecule has 0 saturated carbocycles. The average molecular weight is 439 g/mol. The molecule has 0 spiro atoms. The van der Waals surface area contributed by atoms with Crippen LogP contribution in [0.5, 0.6) is 0 Å². The van der Waals surface area contributed by atoms with E-state index in [-0.39, 0.29) is 11.9 Å². The summed E-state index contributed by atoms with van der Waals surface area (Å²) in [4.78, 5) is 16.3. The molecule has 1 saturated heterocycles. The number of nitrogens with zero attached hydrogens (tertiary/aromatic N) is 3. The van der Waals surface area contributed by atoms with Crippen LogP contribution < -0.4 is 5.32 Å². The molecule has 1 aliphatic heterocycles. The first kappa shape index (κ1) is 21.7. The standard InChI is InChI=1S/C24H30N4O2S/c1-17-5-7-19(8-6-17)24-27-26-23(30-24)10-9-22(29)25-16-20(21-4-3-15-31-21)28-13-11-18(2)12-14-28/h3-8,15,18,20H,9-14,16H2,1-2H3,(H,25,29)/t20-/m0/s1. The van der Waals surface area contributed by atoms with Crippen molar-refractivity contribution >= 4 is 17.2 Å². The van der Waals surface area contributed by atoms with Crippen LogP contribution in [0.2, 0.25) is 0 Å². The molecule has 2 aromatic heterocycles. The average Bonchev–Trinajstić information content (AvgIpc) is 3.47. The van der Waals surface area contributed by atoms with Crippen molar-refractivity contribution in [1.29, 1.82) is 0 Å². The fourth-order valence-corrected chi connectivity index (χ4v) is 4.78. The van der Waals surface area contributed by atoms with E-state index >= 15 is 0 Å². The lowest BCUT2D eigenvalue weighted by atomic mass is 9.97. The molecule has 7 heteroatoms. The van der Waals surface area contributed by atoms with E-state index in [9.17, 15) is 4.79 Å². The molecule has 1 atom stereocenters. The summed E-state index contributed by atoms with van der Waals surface area (Å²) in [6.45, 7) is 7.16. The predicted octanol–water partition coefficient (Wildman–Crippen LogP) is 4.63. The Balaban J connectivity index is 1.29. The first-order valence-corrected chi connectivity index (χ1v) is 11.9. The molecule has 31 heavy (non-hydrogen) atoms. The van der Waals surface area contributed by atoms with Crippen LogP contribution in [0.4, 0.5) is 0 Å². The summed E-state index contributed by atoms with van der Waals surface area (Å²) in [5.74, 6) is 1.79. The van der Waals surface area contributed by atoms with Crippen molar-refractivity contribution in [2.24, 2.45) is 5.92 Å². The number of amides is 1. The summed E-state index contributed by atoms with van der Waals surface area (Å²) in [5.41, 5.74) is 2.07. The number of aryl methyl sites for hydroxylation is 2. The van der Waals surface area contributed by atoms with Crippen molar-refractivity contribution in [2.75, 3.05) is 19.6 Å². The van der Waals surface area contributed by atoms with E-state index in [1.807, 2.05) is 31.2 Å². The van der Waals surface area contributed by atoms with E-state index in [1.54, 1.807) is 11.3 Å². The van der Waals surface area contributed by atoms with Crippen LogP contribution in [0.1, 0.15) is 48.6 Å².